The van der Waals surface area contributed by atoms with Gasteiger partial charge in [-0.1, -0.05) is 42.0 Å². The fraction of sp³-hybridized carbons (Fsp3) is 0.167. The molecule has 0 radical (unpaired) electrons. The molecule has 0 bridgehead atoms. The fourth-order valence-electron chi connectivity index (χ4n) is 2.42. The number of rotatable bonds is 2. The number of amides is 1. The van der Waals surface area contributed by atoms with Gasteiger partial charge < -0.3 is 4.90 Å². The van der Waals surface area contributed by atoms with E-state index in [0.717, 1.165) is 20.9 Å². The van der Waals surface area contributed by atoms with Crippen molar-refractivity contribution in [3.63, 3.8) is 0 Å². The van der Waals surface area contributed by atoms with Crippen LogP contribution < -0.4 is 0 Å². The summed E-state index contributed by atoms with van der Waals surface area (Å²) in [6.07, 6.45) is 4.10. The lowest BCUT2D eigenvalue weighted by atomic mass is 10.1. The molecule has 118 valence electrons. The molecule has 0 aromatic heterocycles. The van der Waals surface area contributed by atoms with Crippen LogP contribution in [-0.2, 0) is 15.5 Å². The number of nitrogens with zero attached hydrogens (tertiary/aromatic N) is 2. The van der Waals surface area contributed by atoms with Crippen molar-refractivity contribution in [2.75, 3.05) is 20.6 Å². The topological polar surface area (TPSA) is 32.7 Å². The Bertz CT molecular complexity index is 828. The lowest BCUT2D eigenvalue weighted by Crippen LogP contribution is -2.20. The summed E-state index contributed by atoms with van der Waals surface area (Å²) in [7, 11) is 3.10. The first-order valence-corrected chi connectivity index (χ1v) is 8.81. The maximum absolute atomic E-state index is 12.3. The highest BCUT2D eigenvalue weighted by Gasteiger charge is 2.17. The molecule has 1 amide bonds. The van der Waals surface area contributed by atoms with Crippen molar-refractivity contribution in [3.05, 3.63) is 58.6 Å². The Balaban J connectivity index is 2.19. The minimum atomic E-state index is -0.639. The van der Waals surface area contributed by atoms with Gasteiger partial charge in [-0.15, -0.1) is 0 Å². The maximum Gasteiger partial charge on any atom is 0.266 e. The zero-order valence-electron chi connectivity index (χ0n) is 13.0. The van der Waals surface area contributed by atoms with Crippen molar-refractivity contribution < 1.29 is 4.79 Å². The summed E-state index contributed by atoms with van der Waals surface area (Å²) in [5.41, 5.74) is 2.10. The van der Waals surface area contributed by atoms with Crippen molar-refractivity contribution in [2.24, 2.45) is 4.36 Å². The van der Waals surface area contributed by atoms with Crippen LogP contribution in [0.4, 0.5) is 0 Å². The van der Waals surface area contributed by atoms with Crippen LogP contribution in [0.5, 0.6) is 0 Å². The van der Waals surface area contributed by atoms with E-state index in [-0.39, 0.29) is 5.91 Å². The van der Waals surface area contributed by atoms with Crippen molar-refractivity contribution in [1.29, 1.82) is 0 Å². The average Bonchev–Trinajstić information content (AvgIpc) is 2.64. The molecule has 0 N–H and O–H groups in total. The van der Waals surface area contributed by atoms with Gasteiger partial charge >= 0.3 is 0 Å². The first kappa shape index (κ1) is 16.1. The van der Waals surface area contributed by atoms with Crippen LogP contribution in [0.3, 0.4) is 0 Å². The smallest absolute Gasteiger partial charge is 0.266 e. The first-order valence-electron chi connectivity index (χ1n) is 7.25. The summed E-state index contributed by atoms with van der Waals surface area (Å²) in [5, 5.41) is 0.683. The molecule has 1 unspecified atom stereocenters. The Morgan fingerprint density at radius 1 is 1.09 bits per heavy atom. The third-order valence-corrected chi connectivity index (χ3v) is 5.59. The second-order valence-electron chi connectivity index (χ2n) is 5.56. The molecule has 1 heterocycles. The van der Waals surface area contributed by atoms with Gasteiger partial charge in [0.05, 0.1) is 6.54 Å². The van der Waals surface area contributed by atoms with Gasteiger partial charge in [0.1, 0.15) is 0 Å². The minimum Gasteiger partial charge on any atom is -0.301 e. The predicted octanol–water partition coefficient (Wildman–Crippen LogP) is 4.13. The van der Waals surface area contributed by atoms with Gasteiger partial charge in [-0.05, 0) is 60.2 Å². The van der Waals surface area contributed by atoms with E-state index in [4.69, 9.17) is 11.6 Å². The highest BCUT2D eigenvalue weighted by Crippen LogP contribution is 2.32. The molecule has 2 aromatic rings. The molecule has 3 rings (SSSR count). The zero-order valence-corrected chi connectivity index (χ0v) is 14.6. The molecular weight excluding hydrogens is 328 g/mol. The van der Waals surface area contributed by atoms with Crippen LogP contribution >= 0.6 is 11.6 Å². The third kappa shape index (κ3) is 3.61. The van der Waals surface area contributed by atoms with Crippen molar-refractivity contribution in [1.82, 2.24) is 4.90 Å². The van der Waals surface area contributed by atoms with E-state index in [1.54, 1.807) is 0 Å². The quantitative estimate of drug-likeness (QED) is 0.700. The first-order chi connectivity index (χ1) is 11.0. The summed E-state index contributed by atoms with van der Waals surface area (Å²) >= 11 is 6.13. The van der Waals surface area contributed by atoms with Crippen molar-refractivity contribution >= 4 is 40.4 Å². The Morgan fingerprint density at radius 3 is 2.57 bits per heavy atom. The molecule has 0 fully saturated rings. The lowest BCUT2D eigenvalue weighted by molar-refractivity contribution is -0.118. The number of hydrogen-bond acceptors (Lipinski definition) is 2. The highest BCUT2D eigenvalue weighted by molar-refractivity contribution is 7.88. The van der Waals surface area contributed by atoms with E-state index in [1.165, 1.54) is 0 Å². The Kier molecular flexibility index (Phi) is 4.76. The summed E-state index contributed by atoms with van der Waals surface area (Å²) in [4.78, 5) is 16.2. The molecule has 0 saturated heterocycles. The fourth-order valence-corrected chi connectivity index (χ4v) is 4.41. The average molecular weight is 345 g/mol. The van der Waals surface area contributed by atoms with Crippen LogP contribution in [0.25, 0.3) is 12.2 Å². The number of likely N-dealkylation sites (N-methyl/N-ethyl adjacent to an activating group) is 1. The Labute approximate surface area is 143 Å². The van der Waals surface area contributed by atoms with Crippen LogP contribution in [0, 0.1) is 0 Å². The Hall–Kier alpha value is -1.75. The summed E-state index contributed by atoms with van der Waals surface area (Å²) in [6.45, 7) is 0.308. The molecule has 1 aliphatic heterocycles. The molecule has 1 aliphatic rings. The van der Waals surface area contributed by atoms with Gasteiger partial charge in [0, 0.05) is 14.8 Å². The summed E-state index contributed by atoms with van der Waals surface area (Å²) in [6, 6.07) is 13.8. The highest BCUT2D eigenvalue weighted by atomic mass is 35.5. The molecule has 0 spiro atoms. The number of carbonyl (C=O) groups is 1. The summed E-state index contributed by atoms with van der Waals surface area (Å²) in [5.74, 6) is -0.115. The molecule has 0 saturated carbocycles. The van der Waals surface area contributed by atoms with Crippen LogP contribution in [-0.4, -0.2) is 31.4 Å². The van der Waals surface area contributed by atoms with E-state index in [9.17, 15) is 4.79 Å². The van der Waals surface area contributed by atoms with Gasteiger partial charge in [0.25, 0.3) is 5.91 Å². The van der Waals surface area contributed by atoms with Crippen LogP contribution in [0.1, 0.15) is 11.1 Å². The van der Waals surface area contributed by atoms with E-state index < -0.39 is 10.7 Å². The predicted molar refractivity (Wildman–Crippen MR) is 96.7 cm³/mol. The van der Waals surface area contributed by atoms with E-state index in [0.29, 0.717) is 11.6 Å². The second kappa shape index (κ2) is 6.79. The van der Waals surface area contributed by atoms with Crippen molar-refractivity contribution in [3.8, 4) is 0 Å². The number of benzene rings is 2. The van der Waals surface area contributed by atoms with E-state index >= 15 is 0 Å². The Morgan fingerprint density at radius 2 is 1.78 bits per heavy atom. The van der Waals surface area contributed by atoms with Gasteiger partial charge in [-0.25, -0.2) is 0 Å². The summed E-state index contributed by atoms with van der Waals surface area (Å²) < 4.78 is 4.51. The van der Waals surface area contributed by atoms with Crippen LogP contribution in [0.15, 0.2) is 56.6 Å². The van der Waals surface area contributed by atoms with Gasteiger partial charge in [-0.3, -0.25) is 4.79 Å². The molecular formula is C18H17ClN2OS. The van der Waals surface area contributed by atoms with E-state index in [1.807, 2.05) is 67.5 Å². The standard InChI is InChI=1S/C18H17ClN2OS/c1-21(2)12-18(22)20-23-16-6-4-3-5-13(16)7-8-14-11-15(19)9-10-17(14)23/h3-11H,12H2,1-2H3. The molecule has 2 aromatic carbocycles. The van der Waals surface area contributed by atoms with Gasteiger partial charge in [0.15, 0.2) is 0 Å². The largest absolute Gasteiger partial charge is 0.301 e. The molecule has 1 atom stereocenters. The number of halogens is 1. The SMILES string of the molecule is CN(C)CC(=O)N=S1c2ccccc2C=Cc2cc(Cl)ccc21. The van der Waals surface area contributed by atoms with Crippen molar-refractivity contribution in [2.45, 2.75) is 9.79 Å². The molecule has 23 heavy (non-hydrogen) atoms. The normalized spacial score (nSPS) is 16.1. The van der Waals surface area contributed by atoms with Gasteiger partial charge in [-0.2, -0.15) is 4.36 Å². The lowest BCUT2D eigenvalue weighted by Gasteiger charge is -2.13. The number of hydrogen-bond donors (Lipinski definition) is 0. The van der Waals surface area contributed by atoms with Crippen LogP contribution in [0.2, 0.25) is 5.02 Å². The molecule has 3 nitrogen and oxygen atoms in total. The van der Waals surface area contributed by atoms with Gasteiger partial charge in [0.2, 0.25) is 0 Å². The zero-order chi connectivity index (χ0) is 16.4. The molecule has 0 aliphatic carbocycles. The third-order valence-electron chi connectivity index (χ3n) is 3.39. The minimum absolute atomic E-state index is 0.115. The number of carbonyl (C=O) groups excluding carboxylic acids is 1. The number of fused-ring (bicyclic) bond motifs is 2. The monoisotopic (exact) mass is 344 g/mol. The van der Waals surface area contributed by atoms with E-state index in [2.05, 4.69) is 10.4 Å². The molecule has 5 heteroatoms. The maximum atomic E-state index is 12.3. The second-order valence-corrected chi connectivity index (χ2v) is 7.63.